The predicted molar refractivity (Wildman–Crippen MR) is 69.5 cm³/mol. The van der Waals surface area contributed by atoms with Crippen molar-refractivity contribution in [2.45, 2.75) is 39.0 Å². The second-order valence-corrected chi connectivity index (χ2v) is 6.12. The zero-order valence-corrected chi connectivity index (χ0v) is 11.6. The van der Waals surface area contributed by atoms with Gasteiger partial charge in [-0.25, -0.2) is 0 Å². The standard InChI is InChI=1S/C13H22BrNO/c1-9(8-14)4-3-7-15-13(16)12-10-5-2-6-11(10)12/h9-12H,2-8H2,1H3,(H,15,16). The highest BCUT2D eigenvalue weighted by Gasteiger charge is 2.56. The largest absolute Gasteiger partial charge is 0.356 e. The van der Waals surface area contributed by atoms with Gasteiger partial charge in [0.1, 0.15) is 0 Å². The normalized spacial score (nSPS) is 33.2. The second-order valence-electron chi connectivity index (χ2n) is 5.48. The SMILES string of the molecule is CC(CBr)CCCNC(=O)C1C2CCCC21. The summed E-state index contributed by atoms with van der Waals surface area (Å²) in [5.41, 5.74) is 0. The van der Waals surface area contributed by atoms with Crippen LogP contribution >= 0.6 is 15.9 Å². The Morgan fingerprint density at radius 1 is 1.44 bits per heavy atom. The van der Waals surface area contributed by atoms with Crippen LogP contribution in [0.2, 0.25) is 0 Å². The Hall–Kier alpha value is -0.0500. The van der Waals surface area contributed by atoms with Gasteiger partial charge in [-0.2, -0.15) is 0 Å². The molecule has 0 aromatic heterocycles. The van der Waals surface area contributed by atoms with Crippen molar-refractivity contribution in [3.63, 3.8) is 0 Å². The van der Waals surface area contributed by atoms with E-state index in [1.165, 1.54) is 25.7 Å². The Morgan fingerprint density at radius 2 is 2.12 bits per heavy atom. The molecular weight excluding hydrogens is 266 g/mol. The second kappa shape index (κ2) is 5.52. The van der Waals surface area contributed by atoms with Gasteiger partial charge < -0.3 is 5.32 Å². The number of rotatable bonds is 6. The van der Waals surface area contributed by atoms with E-state index in [2.05, 4.69) is 28.2 Å². The number of carbonyl (C=O) groups is 1. The summed E-state index contributed by atoms with van der Waals surface area (Å²) in [5, 5.41) is 4.16. The van der Waals surface area contributed by atoms with E-state index in [0.717, 1.165) is 36.0 Å². The van der Waals surface area contributed by atoms with Crippen molar-refractivity contribution in [1.82, 2.24) is 5.32 Å². The van der Waals surface area contributed by atoms with Crippen LogP contribution in [0.4, 0.5) is 0 Å². The van der Waals surface area contributed by atoms with E-state index >= 15 is 0 Å². The van der Waals surface area contributed by atoms with E-state index in [-0.39, 0.29) is 0 Å². The highest BCUT2D eigenvalue weighted by atomic mass is 79.9. The van der Waals surface area contributed by atoms with Gasteiger partial charge in [0.05, 0.1) is 0 Å². The van der Waals surface area contributed by atoms with Gasteiger partial charge in [0.15, 0.2) is 0 Å². The van der Waals surface area contributed by atoms with Gasteiger partial charge in [-0.3, -0.25) is 4.79 Å². The minimum Gasteiger partial charge on any atom is -0.356 e. The molecule has 3 unspecified atom stereocenters. The smallest absolute Gasteiger partial charge is 0.223 e. The molecule has 0 bridgehead atoms. The van der Waals surface area contributed by atoms with Gasteiger partial charge in [-0.15, -0.1) is 0 Å². The average molecular weight is 288 g/mol. The van der Waals surface area contributed by atoms with Crippen LogP contribution in [0.3, 0.4) is 0 Å². The number of halogens is 1. The molecule has 0 radical (unpaired) electrons. The van der Waals surface area contributed by atoms with E-state index in [0.29, 0.717) is 11.8 Å². The first kappa shape index (κ1) is 12.4. The van der Waals surface area contributed by atoms with Crippen molar-refractivity contribution < 1.29 is 4.79 Å². The maximum absolute atomic E-state index is 11.8. The summed E-state index contributed by atoms with van der Waals surface area (Å²) in [7, 11) is 0. The Kier molecular flexibility index (Phi) is 4.28. The molecule has 2 rings (SSSR count). The minimum atomic E-state index is 0.334. The van der Waals surface area contributed by atoms with E-state index in [1.807, 2.05) is 0 Å². The molecular formula is C13H22BrNO. The number of alkyl halides is 1. The van der Waals surface area contributed by atoms with Crippen LogP contribution in [-0.4, -0.2) is 17.8 Å². The third-order valence-corrected chi connectivity index (χ3v) is 5.25. The van der Waals surface area contributed by atoms with Crippen LogP contribution in [0.25, 0.3) is 0 Å². The molecule has 0 aliphatic heterocycles. The number of fused-ring (bicyclic) bond motifs is 1. The number of nitrogens with one attached hydrogen (secondary N) is 1. The summed E-state index contributed by atoms with van der Waals surface area (Å²) in [6.45, 7) is 3.11. The zero-order chi connectivity index (χ0) is 11.5. The van der Waals surface area contributed by atoms with Crippen molar-refractivity contribution in [3.8, 4) is 0 Å². The van der Waals surface area contributed by atoms with Crippen molar-refractivity contribution in [2.24, 2.45) is 23.7 Å². The lowest BCUT2D eigenvalue weighted by atomic mass is 10.1. The number of carbonyl (C=O) groups excluding carboxylic acids is 1. The van der Waals surface area contributed by atoms with Crippen molar-refractivity contribution in [1.29, 1.82) is 0 Å². The molecule has 0 aromatic rings. The molecule has 0 saturated heterocycles. The fraction of sp³-hybridized carbons (Fsp3) is 0.923. The lowest BCUT2D eigenvalue weighted by Gasteiger charge is -2.09. The fourth-order valence-electron chi connectivity index (χ4n) is 3.07. The molecule has 2 nitrogen and oxygen atoms in total. The van der Waals surface area contributed by atoms with Gasteiger partial charge in [0, 0.05) is 17.8 Å². The maximum atomic E-state index is 11.8. The molecule has 1 amide bonds. The number of hydrogen-bond donors (Lipinski definition) is 1. The Balaban J connectivity index is 1.55. The first-order chi connectivity index (χ1) is 7.74. The molecule has 0 aromatic carbocycles. The molecule has 2 saturated carbocycles. The molecule has 0 heterocycles. The number of hydrogen-bond acceptors (Lipinski definition) is 1. The van der Waals surface area contributed by atoms with Gasteiger partial charge in [0.2, 0.25) is 5.91 Å². The summed E-state index contributed by atoms with van der Waals surface area (Å²) in [4.78, 5) is 11.8. The maximum Gasteiger partial charge on any atom is 0.223 e. The predicted octanol–water partition coefficient (Wildman–Crippen LogP) is 2.96. The van der Waals surface area contributed by atoms with Gasteiger partial charge in [-0.05, 0) is 43.4 Å². The molecule has 2 aliphatic carbocycles. The van der Waals surface area contributed by atoms with E-state index in [1.54, 1.807) is 0 Å². The molecule has 2 fully saturated rings. The van der Waals surface area contributed by atoms with Crippen molar-refractivity contribution >= 4 is 21.8 Å². The van der Waals surface area contributed by atoms with Gasteiger partial charge >= 0.3 is 0 Å². The first-order valence-electron chi connectivity index (χ1n) is 6.57. The lowest BCUT2D eigenvalue weighted by Crippen LogP contribution is -2.27. The summed E-state index contributed by atoms with van der Waals surface area (Å²) in [5.74, 6) is 2.95. The zero-order valence-electron chi connectivity index (χ0n) is 10.0. The fourth-order valence-corrected chi connectivity index (χ4v) is 3.39. The van der Waals surface area contributed by atoms with E-state index in [9.17, 15) is 4.79 Å². The van der Waals surface area contributed by atoms with Crippen LogP contribution in [0.15, 0.2) is 0 Å². The van der Waals surface area contributed by atoms with Gasteiger partial charge in [-0.1, -0.05) is 29.3 Å². The summed E-state index contributed by atoms with van der Waals surface area (Å²) < 4.78 is 0. The van der Waals surface area contributed by atoms with Crippen LogP contribution in [0.5, 0.6) is 0 Å². The molecule has 3 heteroatoms. The van der Waals surface area contributed by atoms with Crippen LogP contribution < -0.4 is 5.32 Å². The highest BCUT2D eigenvalue weighted by molar-refractivity contribution is 9.09. The Bertz CT molecular complexity index is 246. The quantitative estimate of drug-likeness (QED) is 0.591. The molecule has 0 spiro atoms. The van der Waals surface area contributed by atoms with Crippen LogP contribution in [0, 0.1) is 23.7 Å². The van der Waals surface area contributed by atoms with Crippen LogP contribution in [-0.2, 0) is 4.79 Å². The average Bonchev–Trinajstić information content (AvgIpc) is 2.78. The molecule has 2 aliphatic rings. The highest BCUT2D eigenvalue weighted by Crippen LogP contribution is 2.57. The minimum absolute atomic E-state index is 0.334. The first-order valence-corrected chi connectivity index (χ1v) is 7.70. The molecule has 1 N–H and O–H groups in total. The summed E-state index contributed by atoms with van der Waals surface area (Å²) in [6, 6.07) is 0. The molecule has 3 atom stereocenters. The third kappa shape index (κ3) is 2.79. The lowest BCUT2D eigenvalue weighted by molar-refractivity contribution is -0.123. The number of amides is 1. The van der Waals surface area contributed by atoms with Crippen molar-refractivity contribution in [2.75, 3.05) is 11.9 Å². The molecule has 16 heavy (non-hydrogen) atoms. The molecule has 92 valence electrons. The Morgan fingerprint density at radius 3 is 2.75 bits per heavy atom. The third-order valence-electron chi connectivity index (χ3n) is 4.15. The summed E-state index contributed by atoms with van der Waals surface area (Å²) >= 11 is 3.47. The topological polar surface area (TPSA) is 29.1 Å². The summed E-state index contributed by atoms with van der Waals surface area (Å²) in [6.07, 6.45) is 6.25. The van der Waals surface area contributed by atoms with E-state index < -0.39 is 0 Å². The van der Waals surface area contributed by atoms with Gasteiger partial charge in [0.25, 0.3) is 0 Å². The van der Waals surface area contributed by atoms with E-state index in [4.69, 9.17) is 0 Å². The monoisotopic (exact) mass is 287 g/mol. The Labute approximate surface area is 107 Å². The van der Waals surface area contributed by atoms with Crippen molar-refractivity contribution in [3.05, 3.63) is 0 Å². The van der Waals surface area contributed by atoms with Crippen LogP contribution in [0.1, 0.15) is 39.0 Å².